The van der Waals surface area contributed by atoms with Crippen molar-refractivity contribution in [2.75, 3.05) is 0 Å². The number of benzene rings is 1. The molecule has 5 heteroatoms. The number of aromatic nitrogens is 1. The number of nitrogens with one attached hydrogen (secondary N) is 1. The van der Waals surface area contributed by atoms with Crippen LogP contribution >= 0.6 is 0 Å². The Bertz CT molecular complexity index is 693. The van der Waals surface area contributed by atoms with Gasteiger partial charge >= 0.3 is 6.03 Å². The van der Waals surface area contributed by atoms with Crippen LogP contribution in [0.15, 0.2) is 29.4 Å². The molecule has 1 aromatic heterocycles. The van der Waals surface area contributed by atoms with Gasteiger partial charge in [0.25, 0.3) is 0 Å². The van der Waals surface area contributed by atoms with Crippen LogP contribution < -0.4 is 11.2 Å². The van der Waals surface area contributed by atoms with E-state index in [4.69, 9.17) is 5.73 Å². The number of nitrogens with zero attached hydrogens (tertiary/aromatic N) is 2. The first kappa shape index (κ1) is 14.8. The smallest absolute Gasteiger partial charge is 0.332 e. The predicted octanol–water partition coefficient (Wildman–Crippen LogP) is 2.71. The normalized spacial score (nSPS) is 11.0. The highest BCUT2D eigenvalue weighted by molar-refractivity contribution is 5.83. The van der Waals surface area contributed by atoms with E-state index in [0.717, 1.165) is 17.0 Å². The third-order valence-corrected chi connectivity index (χ3v) is 3.51. The molecule has 2 aromatic rings. The summed E-state index contributed by atoms with van der Waals surface area (Å²) in [5.41, 5.74) is 14.0. The Hall–Kier alpha value is -2.56. The predicted molar refractivity (Wildman–Crippen MR) is 85.0 cm³/mol. The highest BCUT2D eigenvalue weighted by Gasteiger charge is 2.12. The van der Waals surface area contributed by atoms with Crippen molar-refractivity contribution in [2.45, 2.75) is 27.7 Å². The van der Waals surface area contributed by atoms with E-state index in [2.05, 4.69) is 54.1 Å². The van der Waals surface area contributed by atoms with Crippen molar-refractivity contribution in [3.8, 4) is 5.69 Å². The van der Waals surface area contributed by atoms with Gasteiger partial charge in [0, 0.05) is 17.0 Å². The number of carbonyl (C=O) groups is 1. The van der Waals surface area contributed by atoms with E-state index in [9.17, 15) is 4.79 Å². The van der Waals surface area contributed by atoms with Crippen LogP contribution in [0.25, 0.3) is 5.69 Å². The van der Waals surface area contributed by atoms with Crippen LogP contribution in [0.3, 0.4) is 0 Å². The van der Waals surface area contributed by atoms with E-state index in [0.29, 0.717) is 0 Å². The summed E-state index contributed by atoms with van der Waals surface area (Å²) in [6.07, 6.45) is 1.61. The number of rotatable bonds is 3. The van der Waals surface area contributed by atoms with E-state index in [1.54, 1.807) is 6.21 Å². The molecule has 5 nitrogen and oxygen atoms in total. The van der Waals surface area contributed by atoms with Gasteiger partial charge in [-0.1, -0.05) is 18.2 Å². The zero-order valence-electron chi connectivity index (χ0n) is 12.8. The molecule has 0 bridgehead atoms. The van der Waals surface area contributed by atoms with Gasteiger partial charge in [0.1, 0.15) is 0 Å². The molecule has 1 aromatic carbocycles. The third kappa shape index (κ3) is 2.97. The molecule has 21 heavy (non-hydrogen) atoms. The molecule has 110 valence electrons. The maximum Gasteiger partial charge on any atom is 0.332 e. The molecule has 1 heterocycles. The number of para-hydroxylation sites is 1. The molecule has 0 atom stereocenters. The maximum atomic E-state index is 10.6. The number of primary amides is 1. The Balaban J connectivity index is 2.49. The van der Waals surface area contributed by atoms with Crippen molar-refractivity contribution in [1.82, 2.24) is 9.99 Å². The van der Waals surface area contributed by atoms with Crippen molar-refractivity contribution in [3.63, 3.8) is 0 Å². The molecule has 2 amide bonds. The fourth-order valence-electron chi connectivity index (χ4n) is 2.59. The van der Waals surface area contributed by atoms with Gasteiger partial charge in [-0.2, -0.15) is 5.10 Å². The molecule has 0 saturated heterocycles. The Morgan fingerprint density at radius 2 is 1.86 bits per heavy atom. The van der Waals surface area contributed by atoms with Gasteiger partial charge in [0.15, 0.2) is 0 Å². The van der Waals surface area contributed by atoms with Crippen molar-refractivity contribution in [3.05, 3.63) is 52.3 Å². The number of carbonyl (C=O) groups excluding carboxylic acids is 1. The summed E-state index contributed by atoms with van der Waals surface area (Å²) >= 11 is 0. The van der Waals surface area contributed by atoms with E-state index in [1.807, 2.05) is 13.0 Å². The fourth-order valence-corrected chi connectivity index (χ4v) is 2.59. The van der Waals surface area contributed by atoms with Crippen LogP contribution in [0.5, 0.6) is 0 Å². The minimum atomic E-state index is -0.671. The summed E-state index contributed by atoms with van der Waals surface area (Å²) in [6.45, 7) is 8.29. The van der Waals surface area contributed by atoms with Crippen LogP contribution in [0.4, 0.5) is 4.79 Å². The SMILES string of the molecule is Cc1cccc(C)c1-n1c(C)cc(/C=N\NC(N)=O)c1C. The van der Waals surface area contributed by atoms with Gasteiger partial charge in [0.05, 0.1) is 11.9 Å². The van der Waals surface area contributed by atoms with Gasteiger partial charge in [-0.25, -0.2) is 10.2 Å². The summed E-state index contributed by atoms with van der Waals surface area (Å²) < 4.78 is 2.20. The average molecular weight is 284 g/mol. The zero-order chi connectivity index (χ0) is 15.6. The first-order chi connectivity index (χ1) is 9.91. The van der Waals surface area contributed by atoms with Crippen LogP contribution in [0.2, 0.25) is 0 Å². The monoisotopic (exact) mass is 284 g/mol. The number of amides is 2. The average Bonchev–Trinajstić information content (AvgIpc) is 2.66. The Kier molecular flexibility index (Phi) is 4.12. The lowest BCUT2D eigenvalue weighted by Crippen LogP contribution is -2.24. The van der Waals surface area contributed by atoms with Crippen molar-refractivity contribution in [1.29, 1.82) is 0 Å². The standard InChI is InChI=1S/C16H20N4O/c1-10-6-5-7-11(2)15(10)20-12(3)8-14(13(20)4)9-18-19-16(17)21/h5-9H,1-4H3,(H3,17,19,21)/b18-9-. The maximum absolute atomic E-state index is 10.6. The van der Waals surface area contributed by atoms with E-state index >= 15 is 0 Å². The molecule has 0 aliphatic carbocycles. The molecule has 0 saturated carbocycles. The highest BCUT2D eigenvalue weighted by Crippen LogP contribution is 2.25. The summed E-state index contributed by atoms with van der Waals surface area (Å²) in [5.74, 6) is 0. The molecule has 3 N–H and O–H groups in total. The first-order valence-electron chi connectivity index (χ1n) is 6.76. The molecule has 2 rings (SSSR count). The minimum Gasteiger partial charge on any atom is -0.350 e. The largest absolute Gasteiger partial charge is 0.350 e. The minimum absolute atomic E-state index is 0.671. The second-order valence-electron chi connectivity index (χ2n) is 5.14. The van der Waals surface area contributed by atoms with Crippen molar-refractivity contribution < 1.29 is 4.79 Å². The number of nitrogens with two attached hydrogens (primary N) is 1. The molecular weight excluding hydrogens is 264 g/mol. The van der Waals surface area contributed by atoms with Crippen molar-refractivity contribution >= 4 is 12.2 Å². The molecular formula is C16H20N4O. The first-order valence-corrected chi connectivity index (χ1v) is 6.76. The van der Waals surface area contributed by atoms with Crippen LogP contribution in [0, 0.1) is 27.7 Å². The lowest BCUT2D eigenvalue weighted by atomic mass is 10.1. The summed E-state index contributed by atoms with van der Waals surface area (Å²) in [7, 11) is 0. The van der Waals surface area contributed by atoms with E-state index < -0.39 is 6.03 Å². The number of hydrazone groups is 1. The Labute approximate surface area is 124 Å². The molecule has 0 spiro atoms. The second kappa shape index (κ2) is 5.83. The Morgan fingerprint density at radius 3 is 2.43 bits per heavy atom. The summed E-state index contributed by atoms with van der Waals surface area (Å²) in [5, 5.41) is 3.83. The van der Waals surface area contributed by atoms with Gasteiger partial charge in [-0.3, -0.25) is 0 Å². The number of hydrogen-bond donors (Lipinski definition) is 2. The Morgan fingerprint density at radius 1 is 1.24 bits per heavy atom. The second-order valence-corrected chi connectivity index (χ2v) is 5.14. The quantitative estimate of drug-likeness (QED) is 0.660. The zero-order valence-corrected chi connectivity index (χ0v) is 12.8. The molecule has 0 radical (unpaired) electrons. The summed E-state index contributed by atoms with van der Waals surface area (Å²) in [6, 6.07) is 7.62. The number of urea groups is 1. The highest BCUT2D eigenvalue weighted by atomic mass is 16.2. The lowest BCUT2D eigenvalue weighted by molar-refractivity contribution is 0.249. The van der Waals surface area contributed by atoms with Crippen LogP contribution in [0.1, 0.15) is 28.1 Å². The van der Waals surface area contributed by atoms with Crippen molar-refractivity contribution in [2.24, 2.45) is 10.8 Å². The van der Waals surface area contributed by atoms with Gasteiger partial charge in [-0.05, 0) is 44.9 Å². The van der Waals surface area contributed by atoms with Crippen LogP contribution in [-0.2, 0) is 0 Å². The van der Waals surface area contributed by atoms with E-state index in [-0.39, 0.29) is 0 Å². The number of hydrogen-bond acceptors (Lipinski definition) is 2. The molecule has 0 aliphatic rings. The topological polar surface area (TPSA) is 72.4 Å². The van der Waals surface area contributed by atoms with Gasteiger partial charge in [0.2, 0.25) is 0 Å². The van der Waals surface area contributed by atoms with Gasteiger partial charge < -0.3 is 10.3 Å². The van der Waals surface area contributed by atoms with Gasteiger partial charge in [-0.15, -0.1) is 0 Å². The van der Waals surface area contributed by atoms with E-state index in [1.165, 1.54) is 16.8 Å². The molecule has 0 aliphatic heterocycles. The number of aryl methyl sites for hydroxylation is 3. The third-order valence-electron chi connectivity index (χ3n) is 3.51. The van der Waals surface area contributed by atoms with Crippen LogP contribution in [-0.4, -0.2) is 16.8 Å². The fraction of sp³-hybridized carbons (Fsp3) is 0.250. The lowest BCUT2D eigenvalue weighted by Gasteiger charge is -2.15. The summed E-state index contributed by atoms with van der Waals surface area (Å²) in [4.78, 5) is 10.6. The molecule has 0 unspecified atom stereocenters. The molecule has 0 fully saturated rings.